The Labute approximate surface area is 193 Å². The van der Waals surface area contributed by atoms with E-state index in [0.717, 1.165) is 12.1 Å². The summed E-state index contributed by atoms with van der Waals surface area (Å²) in [6.07, 6.45) is 0.679. The molecule has 0 radical (unpaired) electrons. The smallest absolute Gasteiger partial charge is 0.355 e. The summed E-state index contributed by atoms with van der Waals surface area (Å²) in [5.74, 6) is -2.20. The molecule has 1 amide bonds. The quantitative estimate of drug-likeness (QED) is 0.275. The zero-order chi connectivity index (χ0) is 24.3. The van der Waals surface area contributed by atoms with Crippen LogP contribution in [0.1, 0.15) is 52.3 Å². The SMILES string of the molecule is CCOC(=O)c1[nH]c(C)c(/C(O)=C2/C(=O)C(=O)N(CCCN(C)C)C2c2ccccc2)c1C. The highest BCUT2D eigenvalue weighted by atomic mass is 16.5. The summed E-state index contributed by atoms with van der Waals surface area (Å²) in [5.41, 5.74) is 2.29. The number of benzene rings is 1. The molecule has 0 bridgehead atoms. The molecule has 176 valence electrons. The van der Waals surface area contributed by atoms with Gasteiger partial charge in [-0.1, -0.05) is 30.3 Å². The highest BCUT2D eigenvalue weighted by Gasteiger charge is 2.46. The van der Waals surface area contributed by atoms with Gasteiger partial charge in [-0.2, -0.15) is 0 Å². The topological polar surface area (TPSA) is 103 Å². The molecule has 1 aromatic heterocycles. The average Bonchev–Trinajstić information content (AvgIpc) is 3.21. The molecule has 1 atom stereocenters. The molecule has 8 heteroatoms. The van der Waals surface area contributed by atoms with Crippen LogP contribution in [0, 0.1) is 13.8 Å². The maximum atomic E-state index is 13.2. The monoisotopic (exact) mass is 453 g/mol. The van der Waals surface area contributed by atoms with Gasteiger partial charge >= 0.3 is 5.97 Å². The molecule has 1 unspecified atom stereocenters. The summed E-state index contributed by atoms with van der Waals surface area (Å²) in [4.78, 5) is 45.0. The number of hydrogen-bond acceptors (Lipinski definition) is 6. The van der Waals surface area contributed by atoms with E-state index in [1.54, 1.807) is 20.8 Å². The van der Waals surface area contributed by atoms with Crippen molar-refractivity contribution in [2.75, 3.05) is 33.8 Å². The number of nitrogens with zero attached hydrogens (tertiary/aromatic N) is 2. The van der Waals surface area contributed by atoms with Gasteiger partial charge in [0.2, 0.25) is 0 Å². The van der Waals surface area contributed by atoms with Gasteiger partial charge in [0.1, 0.15) is 11.5 Å². The molecule has 2 N–H and O–H groups in total. The molecule has 0 spiro atoms. The van der Waals surface area contributed by atoms with E-state index >= 15 is 0 Å². The molecule has 1 saturated heterocycles. The van der Waals surface area contributed by atoms with Gasteiger partial charge < -0.3 is 24.6 Å². The number of carbonyl (C=O) groups is 3. The highest BCUT2D eigenvalue weighted by Crippen LogP contribution is 2.40. The number of aromatic nitrogens is 1. The fourth-order valence-electron chi connectivity index (χ4n) is 4.30. The van der Waals surface area contributed by atoms with Crippen molar-refractivity contribution < 1.29 is 24.2 Å². The van der Waals surface area contributed by atoms with Gasteiger partial charge in [0.05, 0.1) is 18.2 Å². The number of nitrogens with one attached hydrogen (secondary N) is 1. The molecule has 33 heavy (non-hydrogen) atoms. The van der Waals surface area contributed by atoms with Crippen molar-refractivity contribution in [2.45, 2.75) is 33.2 Å². The fraction of sp³-hybridized carbons (Fsp3) is 0.400. The summed E-state index contributed by atoms with van der Waals surface area (Å²) in [6.45, 7) is 6.43. The molecular formula is C25H31N3O5. The molecule has 0 aliphatic carbocycles. The largest absolute Gasteiger partial charge is 0.507 e. The first-order chi connectivity index (χ1) is 15.7. The second-order valence-electron chi connectivity index (χ2n) is 8.41. The van der Waals surface area contributed by atoms with Crippen LogP contribution in [0.5, 0.6) is 0 Å². The van der Waals surface area contributed by atoms with E-state index < -0.39 is 23.7 Å². The van der Waals surface area contributed by atoms with Gasteiger partial charge in [-0.25, -0.2) is 4.79 Å². The van der Waals surface area contributed by atoms with Crippen LogP contribution in [0.15, 0.2) is 35.9 Å². The Hall–Kier alpha value is -3.39. The van der Waals surface area contributed by atoms with E-state index in [1.165, 1.54) is 4.90 Å². The van der Waals surface area contributed by atoms with Crippen molar-refractivity contribution in [3.63, 3.8) is 0 Å². The predicted molar refractivity (Wildman–Crippen MR) is 125 cm³/mol. The lowest BCUT2D eigenvalue weighted by molar-refractivity contribution is -0.139. The van der Waals surface area contributed by atoms with Crippen LogP contribution < -0.4 is 0 Å². The van der Waals surface area contributed by atoms with Gasteiger partial charge in [-0.15, -0.1) is 0 Å². The molecule has 2 heterocycles. The van der Waals surface area contributed by atoms with E-state index in [1.807, 2.05) is 49.3 Å². The fourth-order valence-corrected chi connectivity index (χ4v) is 4.30. The van der Waals surface area contributed by atoms with Crippen LogP contribution in [0.25, 0.3) is 5.76 Å². The number of esters is 1. The third-order valence-electron chi connectivity index (χ3n) is 5.81. The van der Waals surface area contributed by atoms with Crippen molar-refractivity contribution in [3.05, 3.63) is 64.0 Å². The number of ketones is 1. The van der Waals surface area contributed by atoms with Crippen molar-refractivity contribution in [2.24, 2.45) is 0 Å². The zero-order valence-electron chi connectivity index (χ0n) is 19.8. The van der Waals surface area contributed by atoms with Gasteiger partial charge in [-0.05, 0) is 59.0 Å². The lowest BCUT2D eigenvalue weighted by Gasteiger charge is -2.26. The third kappa shape index (κ3) is 4.71. The molecule has 3 rings (SSSR count). The number of hydrogen-bond donors (Lipinski definition) is 2. The Balaban J connectivity index is 2.13. The summed E-state index contributed by atoms with van der Waals surface area (Å²) in [7, 11) is 3.89. The van der Waals surface area contributed by atoms with Crippen LogP contribution in [0.4, 0.5) is 0 Å². The number of aromatic amines is 1. The second kappa shape index (κ2) is 10.0. The summed E-state index contributed by atoms with van der Waals surface area (Å²) in [5, 5.41) is 11.4. The number of Topliss-reactive ketones (excluding diaryl/α,β-unsaturated/α-hetero) is 1. The normalized spacial score (nSPS) is 17.8. The number of carbonyl (C=O) groups excluding carboxylic acids is 3. The van der Waals surface area contributed by atoms with Crippen molar-refractivity contribution >= 4 is 23.4 Å². The molecule has 1 aliphatic rings. The molecule has 2 aromatic rings. The first-order valence-corrected chi connectivity index (χ1v) is 11.0. The Morgan fingerprint density at radius 1 is 1.18 bits per heavy atom. The van der Waals surface area contributed by atoms with Crippen LogP contribution >= 0.6 is 0 Å². The number of aliphatic hydroxyl groups excluding tert-OH is 1. The number of aryl methyl sites for hydroxylation is 1. The first kappa shape index (κ1) is 24.3. The van der Waals surface area contributed by atoms with Crippen molar-refractivity contribution in [1.82, 2.24) is 14.8 Å². The van der Waals surface area contributed by atoms with Crippen LogP contribution in [0.2, 0.25) is 0 Å². The minimum absolute atomic E-state index is 0.0247. The van der Waals surface area contributed by atoms with E-state index in [9.17, 15) is 19.5 Å². The molecule has 0 saturated carbocycles. The second-order valence-corrected chi connectivity index (χ2v) is 8.41. The van der Waals surface area contributed by atoms with Gasteiger partial charge in [0, 0.05) is 17.8 Å². The minimum atomic E-state index is -0.733. The average molecular weight is 454 g/mol. The molecule has 8 nitrogen and oxygen atoms in total. The first-order valence-electron chi connectivity index (χ1n) is 11.0. The van der Waals surface area contributed by atoms with E-state index in [2.05, 4.69) is 4.98 Å². The Morgan fingerprint density at radius 3 is 2.45 bits per heavy atom. The third-order valence-corrected chi connectivity index (χ3v) is 5.81. The number of amides is 1. The van der Waals surface area contributed by atoms with E-state index in [-0.39, 0.29) is 23.6 Å². The zero-order valence-corrected chi connectivity index (χ0v) is 19.8. The molecule has 1 aromatic carbocycles. The summed E-state index contributed by atoms with van der Waals surface area (Å²) < 4.78 is 5.09. The Bertz CT molecular complexity index is 1080. The highest BCUT2D eigenvalue weighted by molar-refractivity contribution is 6.46. The van der Waals surface area contributed by atoms with Crippen molar-refractivity contribution in [3.8, 4) is 0 Å². The standard InChI is InChI=1S/C25H31N3O5/c1-6-33-25(32)20-15(2)18(16(3)26-20)22(29)19-21(17-11-8-7-9-12-17)28(24(31)23(19)30)14-10-13-27(4)5/h7-9,11-12,21,26,29H,6,10,13-14H2,1-5H3/b22-19-. The van der Waals surface area contributed by atoms with Gasteiger partial charge in [-0.3, -0.25) is 9.59 Å². The Morgan fingerprint density at radius 2 is 1.85 bits per heavy atom. The predicted octanol–water partition coefficient (Wildman–Crippen LogP) is 3.18. The number of H-pyrrole nitrogens is 1. The number of ether oxygens (including phenoxy) is 1. The Kier molecular flexibility index (Phi) is 7.38. The minimum Gasteiger partial charge on any atom is -0.507 e. The summed E-state index contributed by atoms with van der Waals surface area (Å²) in [6, 6.07) is 8.48. The van der Waals surface area contributed by atoms with Gasteiger partial charge in [0.15, 0.2) is 0 Å². The number of likely N-dealkylation sites (tertiary alicyclic amines) is 1. The van der Waals surface area contributed by atoms with Crippen LogP contribution in [-0.4, -0.2) is 71.3 Å². The van der Waals surface area contributed by atoms with E-state index in [0.29, 0.717) is 29.8 Å². The number of rotatable bonds is 8. The lowest BCUT2D eigenvalue weighted by Crippen LogP contribution is -2.32. The van der Waals surface area contributed by atoms with Crippen LogP contribution in [0.3, 0.4) is 0 Å². The number of aliphatic hydroxyl groups is 1. The molecule has 1 aliphatic heterocycles. The molecular weight excluding hydrogens is 422 g/mol. The lowest BCUT2D eigenvalue weighted by atomic mass is 9.94. The van der Waals surface area contributed by atoms with Crippen LogP contribution in [-0.2, 0) is 14.3 Å². The molecule has 1 fully saturated rings. The van der Waals surface area contributed by atoms with Gasteiger partial charge in [0.25, 0.3) is 11.7 Å². The van der Waals surface area contributed by atoms with Crippen molar-refractivity contribution in [1.29, 1.82) is 0 Å². The van der Waals surface area contributed by atoms with E-state index in [4.69, 9.17) is 4.74 Å². The maximum absolute atomic E-state index is 13.2. The summed E-state index contributed by atoms with van der Waals surface area (Å²) >= 11 is 0. The maximum Gasteiger partial charge on any atom is 0.355 e.